The second-order valence-electron chi connectivity index (χ2n) is 5.70. The molecule has 2 saturated heterocycles. The minimum Gasteiger partial charge on any atom is -0.375 e. The number of methoxy groups -OCH3 is 1. The van der Waals surface area contributed by atoms with E-state index in [-0.39, 0.29) is 12.5 Å². The zero-order valence-electron chi connectivity index (χ0n) is 11.9. The summed E-state index contributed by atoms with van der Waals surface area (Å²) in [6.45, 7) is 4.04. The number of hydrogen-bond acceptors (Lipinski definition) is 4. The molecule has 0 aromatic carbocycles. The topological polar surface area (TPSA) is 45.7 Å². The fourth-order valence-corrected chi connectivity index (χ4v) is 3.36. The first kappa shape index (κ1) is 13.4. The molecule has 2 atom stereocenters. The highest BCUT2D eigenvalue weighted by Gasteiger charge is 2.38. The van der Waals surface area contributed by atoms with E-state index in [1.165, 1.54) is 5.69 Å². The summed E-state index contributed by atoms with van der Waals surface area (Å²) < 4.78 is 4.95. The monoisotopic (exact) mass is 275 g/mol. The third kappa shape index (κ3) is 2.63. The zero-order chi connectivity index (χ0) is 13.9. The van der Waals surface area contributed by atoms with E-state index in [0.717, 1.165) is 32.6 Å². The van der Waals surface area contributed by atoms with Gasteiger partial charge < -0.3 is 14.5 Å². The van der Waals surface area contributed by atoms with Crippen molar-refractivity contribution in [2.24, 2.45) is 11.8 Å². The van der Waals surface area contributed by atoms with Crippen LogP contribution in [0.3, 0.4) is 0 Å². The fourth-order valence-electron chi connectivity index (χ4n) is 3.36. The molecular formula is C15H21N3O2. The Kier molecular flexibility index (Phi) is 3.87. The van der Waals surface area contributed by atoms with Crippen LogP contribution in [0.4, 0.5) is 5.69 Å². The predicted molar refractivity (Wildman–Crippen MR) is 76.5 cm³/mol. The number of ether oxygens (including phenoxy) is 1. The van der Waals surface area contributed by atoms with Crippen molar-refractivity contribution in [2.45, 2.75) is 6.42 Å². The van der Waals surface area contributed by atoms with Gasteiger partial charge in [0.2, 0.25) is 5.91 Å². The highest BCUT2D eigenvalue weighted by Crippen LogP contribution is 2.33. The Balaban J connectivity index is 1.63. The first-order valence-electron chi connectivity index (χ1n) is 7.19. The molecule has 0 unspecified atom stereocenters. The third-order valence-corrected chi connectivity index (χ3v) is 4.43. The largest absolute Gasteiger partial charge is 0.375 e. The van der Waals surface area contributed by atoms with E-state index < -0.39 is 0 Å². The third-order valence-electron chi connectivity index (χ3n) is 4.43. The van der Waals surface area contributed by atoms with Crippen LogP contribution in [-0.4, -0.2) is 55.7 Å². The molecule has 3 heterocycles. The number of carbonyl (C=O) groups is 1. The van der Waals surface area contributed by atoms with Gasteiger partial charge in [-0.05, 0) is 30.4 Å². The lowest BCUT2D eigenvalue weighted by Crippen LogP contribution is -2.40. The second-order valence-corrected chi connectivity index (χ2v) is 5.70. The molecule has 5 nitrogen and oxygen atoms in total. The highest BCUT2D eigenvalue weighted by molar-refractivity contribution is 5.77. The van der Waals surface area contributed by atoms with Crippen molar-refractivity contribution in [1.82, 2.24) is 9.88 Å². The summed E-state index contributed by atoms with van der Waals surface area (Å²) in [7, 11) is 1.57. The van der Waals surface area contributed by atoms with Crippen LogP contribution in [-0.2, 0) is 9.53 Å². The molecule has 108 valence electrons. The van der Waals surface area contributed by atoms with E-state index in [1.54, 1.807) is 13.3 Å². The van der Waals surface area contributed by atoms with Crippen LogP contribution in [0.5, 0.6) is 0 Å². The van der Waals surface area contributed by atoms with Gasteiger partial charge in [0.05, 0.1) is 11.9 Å². The molecular weight excluding hydrogens is 254 g/mol. The van der Waals surface area contributed by atoms with Crippen LogP contribution in [0.2, 0.25) is 0 Å². The number of piperidine rings is 1. The van der Waals surface area contributed by atoms with E-state index in [4.69, 9.17) is 4.74 Å². The maximum absolute atomic E-state index is 11.9. The first-order chi connectivity index (χ1) is 9.78. The van der Waals surface area contributed by atoms with Gasteiger partial charge in [-0.2, -0.15) is 0 Å². The molecule has 5 heteroatoms. The molecule has 2 aliphatic rings. The molecule has 3 rings (SSSR count). The molecule has 0 spiro atoms. The smallest absolute Gasteiger partial charge is 0.248 e. The quantitative estimate of drug-likeness (QED) is 0.826. The Labute approximate surface area is 119 Å². The molecule has 2 fully saturated rings. The van der Waals surface area contributed by atoms with Crippen LogP contribution in [0, 0.1) is 11.8 Å². The Bertz CT molecular complexity index is 465. The van der Waals surface area contributed by atoms with Gasteiger partial charge in [0.25, 0.3) is 0 Å². The van der Waals surface area contributed by atoms with Crippen LogP contribution < -0.4 is 4.90 Å². The van der Waals surface area contributed by atoms with Crippen molar-refractivity contribution >= 4 is 11.6 Å². The van der Waals surface area contributed by atoms with Gasteiger partial charge in [0, 0.05) is 39.5 Å². The zero-order valence-corrected chi connectivity index (χ0v) is 11.9. The van der Waals surface area contributed by atoms with Gasteiger partial charge in [0.1, 0.15) is 6.61 Å². The number of carbonyl (C=O) groups excluding carboxylic acids is 1. The summed E-state index contributed by atoms with van der Waals surface area (Å²) >= 11 is 0. The highest BCUT2D eigenvalue weighted by atomic mass is 16.5. The Morgan fingerprint density at radius 2 is 2.25 bits per heavy atom. The van der Waals surface area contributed by atoms with E-state index in [0.29, 0.717) is 11.8 Å². The fraction of sp³-hybridized carbons (Fsp3) is 0.600. The average Bonchev–Trinajstić information content (AvgIpc) is 2.91. The number of pyridine rings is 1. The molecule has 0 saturated carbocycles. The number of fused-ring (bicyclic) bond motifs is 1. The van der Waals surface area contributed by atoms with Crippen LogP contribution in [0.15, 0.2) is 24.5 Å². The summed E-state index contributed by atoms with van der Waals surface area (Å²) in [4.78, 5) is 20.5. The molecule has 0 bridgehead atoms. The van der Waals surface area contributed by atoms with Crippen molar-refractivity contribution in [1.29, 1.82) is 0 Å². The standard InChI is InChI=1S/C15H21N3O2/c1-20-11-15(19)18-8-12-4-6-17(9-13(12)10-18)14-3-2-5-16-7-14/h2-3,5,7,12-13H,4,6,8-11H2,1H3/t12-,13+/m0/s1. The van der Waals surface area contributed by atoms with Crippen molar-refractivity contribution in [2.75, 3.05) is 44.8 Å². The molecule has 0 radical (unpaired) electrons. The summed E-state index contributed by atoms with van der Waals surface area (Å²) in [5.74, 6) is 1.34. The first-order valence-corrected chi connectivity index (χ1v) is 7.19. The van der Waals surface area contributed by atoms with E-state index in [9.17, 15) is 4.79 Å². The van der Waals surface area contributed by atoms with Gasteiger partial charge >= 0.3 is 0 Å². The minimum absolute atomic E-state index is 0.120. The van der Waals surface area contributed by atoms with E-state index >= 15 is 0 Å². The maximum Gasteiger partial charge on any atom is 0.248 e. The van der Waals surface area contributed by atoms with Gasteiger partial charge in [-0.25, -0.2) is 0 Å². The second kappa shape index (κ2) is 5.79. The van der Waals surface area contributed by atoms with Crippen molar-refractivity contribution in [3.8, 4) is 0 Å². The lowest BCUT2D eigenvalue weighted by molar-refractivity contribution is -0.134. The molecule has 0 N–H and O–H groups in total. The average molecular weight is 275 g/mol. The normalized spacial score (nSPS) is 25.6. The number of likely N-dealkylation sites (tertiary alicyclic amines) is 1. The Morgan fingerprint density at radius 3 is 3.00 bits per heavy atom. The molecule has 0 aliphatic carbocycles. The molecule has 2 aliphatic heterocycles. The Hall–Kier alpha value is -1.62. The predicted octanol–water partition coefficient (Wildman–Crippen LogP) is 1.01. The lowest BCUT2D eigenvalue weighted by Gasteiger charge is -2.35. The minimum atomic E-state index is 0.120. The van der Waals surface area contributed by atoms with Crippen LogP contribution >= 0.6 is 0 Å². The van der Waals surface area contributed by atoms with Gasteiger partial charge in [-0.3, -0.25) is 9.78 Å². The van der Waals surface area contributed by atoms with E-state index in [1.807, 2.05) is 17.2 Å². The Morgan fingerprint density at radius 1 is 1.40 bits per heavy atom. The van der Waals surface area contributed by atoms with E-state index in [2.05, 4.69) is 16.0 Å². The molecule has 1 aromatic heterocycles. The molecule has 1 amide bonds. The number of amides is 1. The summed E-state index contributed by atoms with van der Waals surface area (Å²) in [5.41, 5.74) is 1.19. The SMILES string of the molecule is COCC(=O)N1C[C@@H]2CCN(c3cccnc3)C[C@@H]2C1. The van der Waals surface area contributed by atoms with Crippen molar-refractivity contribution < 1.29 is 9.53 Å². The van der Waals surface area contributed by atoms with Gasteiger partial charge in [-0.15, -0.1) is 0 Å². The maximum atomic E-state index is 11.9. The summed E-state index contributed by atoms with van der Waals surface area (Å²) in [6.07, 6.45) is 4.87. The molecule has 20 heavy (non-hydrogen) atoms. The molecule has 1 aromatic rings. The van der Waals surface area contributed by atoms with Crippen molar-refractivity contribution in [3.63, 3.8) is 0 Å². The lowest BCUT2D eigenvalue weighted by atomic mass is 9.88. The van der Waals surface area contributed by atoms with Crippen molar-refractivity contribution in [3.05, 3.63) is 24.5 Å². The summed E-state index contributed by atoms with van der Waals surface area (Å²) in [5, 5.41) is 0. The number of anilines is 1. The number of hydrogen-bond donors (Lipinski definition) is 0. The number of nitrogens with zero attached hydrogens (tertiary/aromatic N) is 3. The summed E-state index contributed by atoms with van der Waals surface area (Å²) in [6, 6.07) is 4.08. The number of rotatable bonds is 3. The van der Waals surface area contributed by atoms with Crippen LogP contribution in [0.25, 0.3) is 0 Å². The van der Waals surface area contributed by atoms with Gasteiger partial charge in [-0.1, -0.05) is 0 Å². The van der Waals surface area contributed by atoms with Gasteiger partial charge in [0.15, 0.2) is 0 Å². The number of aromatic nitrogens is 1. The van der Waals surface area contributed by atoms with Crippen LogP contribution in [0.1, 0.15) is 6.42 Å².